The summed E-state index contributed by atoms with van der Waals surface area (Å²) < 4.78 is 19.5. The second-order valence-electron chi connectivity index (χ2n) is 21.9. The molecule has 0 amide bonds. The number of aromatic nitrogens is 3. The van der Waals surface area contributed by atoms with E-state index in [1.165, 1.54) is 55.2 Å². The van der Waals surface area contributed by atoms with Gasteiger partial charge in [0, 0.05) is 52.2 Å². The molecule has 1 aromatic heterocycles. The first-order valence-electron chi connectivity index (χ1n) is 22.9. The van der Waals surface area contributed by atoms with Crippen LogP contribution >= 0.6 is 0 Å². The Bertz CT molecular complexity index is 2190. The molecule has 9 aliphatic rings. The zero-order valence-corrected chi connectivity index (χ0v) is 37.5. The highest BCUT2D eigenvalue weighted by atomic mass is 16.5. The Morgan fingerprint density at radius 3 is 0.967 bits per heavy atom. The smallest absolute Gasteiger partial charge is 0.331 e. The summed E-state index contributed by atoms with van der Waals surface area (Å²) in [7, 11) is 0. The first kappa shape index (κ1) is 39.5. The molecule has 0 aliphatic heterocycles. The number of hydrogen-bond donors (Lipinski definition) is 0. The van der Waals surface area contributed by atoms with Crippen LogP contribution in [0.25, 0.3) is 0 Å². The van der Waals surface area contributed by atoms with Gasteiger partial charge in [0.15, 0.2) is 0 Å². The number of allylic oxidation sites excluding steroid dienone is 12. The lowest BCUT2D eigenvalue weighted by Crippen LogP contribution is -2.27. The minimum absolute atomic E-state index is 0.139. The van der Waals surface area contributed by atoms with Crippen LogP contribution < -0.4 is 14.2 Å². The van der Waals surface area contributed by atoms with Crippen LogP contribution in [0.5, 0.6) is 18.0 Å². The van der Waals surface area contributed by atoms with Crippen LogP contribution in [-0.2, 0) is 0 Å². The van der Waals surface area contributed by atoms with E-state index in [0.717, 1.165) is 71.0 Å². The second-order valence-corrected chi connectivity index (χ2v) is 21.9. The molecule has 6 unspecified atom stereocenters. The zero-order chi connectivity index (χ0) is 41.9. The van der Waals surface area contributed by atoms with E-state index in [1.54, 1.807) is 0 Å². The predicted octanol–water partition coefficient (Wildman–Crippen LogP) is 13.4. The highest BCUT2D eigenvalue weighted by molar-refractivity contribution is 5.41. The molecule has 10 rings (SSSR count). The first-order chi connectivity index (χ1) is 28.5. The lowest BCUT2D eigenvalue weighted by molar-refractivity contribution is 0.179. The molecule has 6 heteroatoms. The molecule has 312 valence electrons. The minimum Gasteiger partial charge on any atom is -0.428 e. The van der Waals surface area contributed by atoms with Crippen LogP contribution in [-0.4, -0.2) is 15.0 Å². The van der Waals surface area contributed by atoms with E-state index >= 15 is 0 Å². The molecule has 1 heterocycles. The third kappa shape index (κ3) is 6.15. The van der Waals surface area contributed by atoms with E-state index in [-0.39, 0.29) is 34.3 Å². The monoisotopic (exact) mass is 801 g/mol. The molecule has 6 fully saturated rings. The average molecular weight is 802 g/mol. The van der Waals surface area contributed by atoms with E-state index in [9.17, 15) is 0 Å². The quantitative estimate of drug-likeness (QED) is 0.267. The van der Waals surface area contributed by atoms with Crippen molar-refractivity contribution < 1.29 is 14.2 Å². The predicted molar refractivity (Wildman–Crippen MR) is 237 cm³/mol. The van der Waals surface area contributed by atoms with Crippen LogP contribution in [0.1, 0.15) is 139 Å². The van der Waals surface area contributed by atoms with Crippen LogP contribution in [0.2, 0.25) is 0 Å². The van der Waals surface area contributed by atoms with Gasteiger partial charge in [-0.2, -0.15) is 0 Å². The Hall–Kier alpha value is -4.59. The van der Waals surface area contributed by atoms with Crippen molar-refractivity contribution in [2.75, 3.05) is 0 Å². The van der Waals surface area contributed by atoms with Crippen molar-refractivity contribution in [3.05, 3.63) is 123 Å². The zero-order valence-electron chi connectivity index (χ0n) is 37.5. The van der Waals surface area contributed by atoms with E-state index in [0.29, 0.717) is 35.5 Å². The van der Waals surface area contributed by atoms with E-state index in [2.05, 4.69) is 97.7 Å². The van der Waals surface area contributed by atoms with Gasteiger partial charge in [-0.3, -0.25) is 0 Å². The van der Waals surface area contributed by atoms with Crippen LogP contribution in [0, 0.1) is 50.2 Å². The van der Waals surface area contributed by atoms with Gasteiger partial charge in [0.25, 0.3) is 0 Å². The third-order valence-corrected chi connectivity index (χ3v) is 18.7. The maximum absolute atomic E-state index is 6.48. The summed E-state index contributed by atoms with van der Waals surface area (Å²) >= 11 is 0. The summed E-state index contributed by atoms with van der Waals surface area (Å²) in [5.41, 5.74) is 20.7. The molecule has 6 bridgehead atoms. The molecule has 0 aromatic carbocycles. The number of rotatable bonds is 6. The van der Waals surface area contributed by atoms with E-state index < -0.39 is 0 Å². The van der Waals surface area contributed by atoms with E-state index in [4.69, 9.17) is 29.2 Å². The molecule has 0 saturated heterocycles. The lowest BCUT2D eigenvalue weighted by Gasteiger charge is -2.34. The molecule has 0 N–H and O–H groups in total. The Morgan fingerprint density at radius 1 is 0.450 bits per heavy atom. The maximum Gasteiger partial charge on any atom is 0.331 e. The number of nitrogens with zero attached hydrogens (tertiary/aromatic N) is 3. The van der Waals surface area contributed by atoms with Crippen molar-refractivity contribution in [2.24, 2.45) is 50.2 Å². The molecule has 6 nitrogen and oxygen atoms in total. The largest absolute Gasteiger partial charge is 0.428 e. The van der Waals surface area contributed by atoms with Crippen molar-refractivity contribution in [2.45, 2.75) is 139 Å². The van der Waals surface area contributed by atoms with Gasteiger partial charge < -0.3 is 14.2 Å². The Kier molecular flexibility index (Phi) is 9.03. The molecule has 9 aliphatic carbocycles. The molecular formula is C54H63N3O3. The summed E-state index contributed by atoms with van der Waals surface area (Å²) in [4.78, 5) is 14.2. The van der Waals surface area contributed by atoms with Crippen molar-refractivity contribution in [1.82, 2.24) is 15.0 Å². The van der Waals surface area contributed by atoms with E-state index in [1.807, 2.05) is 36.5 Å². The van der Waals surface area contributed by atoms with Crippen LogP contribution in [0.4, 0.5) is 0 Å². The SMILES string of the molecule is CC12CCC(CC1=C=C1C=CC=C(Oc3nc(OC4=CC=CC(=C=C5CC6CCC5(C)C6(C)C)C4)nc(OC4=CC=CC(=C=C5CC6CCC5(C)C6(C)C)C4)n3)C1)C2(C)C. The normalized spacial score (nSPS) is 34.8. The standard InChI is InChI=1S/C54H63N3O3/c1-49(2)37-19-22-52(49,7)40(31-37)25-34-13-10-16-43(28-34)58-46-55-47(59-44-17-11-14-35(29-44)26-41-32-38-20-23-53(41,8)50(38,3)4)57-48(56-46)60-45-18-12-15-36(30-45)27-42-33-39-21-24-54(42,9)51(39,5)6/h10-18,37-39H,19-24,28-33H2,1-9H3. The fraction of sp³-hybridized carbons (Fsp3) is 0.556. The summed E-state index contributed by atoms with van der Waals surface area (Å²) in [5, 5.41) is 0. The molecule has 0 radical (unpaired) electrons. The molecule has 60 heavy (non-hydrogen) atoms. The molecular weight excluding hydrogens is 739 g/mol. The van der Waals surface area contributed by atoms with Crippen molar-refractivity contribution in [3.63, 3.8) is 0 Å². The maximum atomic E-state index is 6.48. The van der Waals surface area contributed by atoms with Crippen LogP contribution in [0.15, 0.2) is 123 Å². The highest BCUT2D eigenvalue weighted by Crippen LogP contribution is 2.69. The number of hydrogen-bond acceptors (Lipinski definition) is 6. The van der Waals surface area contributed by atoms with Gasteiger partial charge in [-0.25, -0.2) is 0 Å². The third-order valence-electron chi connectivity index (χ3n) is 18.7. The Balaban J connectivity index is 0.924. The van der Waals surface area contributed by atoms with Crippen molar-refractivity contribution in [3.8, 4) is 18.0 Å². The fourth-order valence-corrected chi connectivity index (χ4v) is 13.1. The molecule has 6 saturated carbocycles. The summed E-state index contributed by atoms with van der Waals surface area (Å²) in [6, 6.07) is 0.418. The Morgan fingerprint density at radius 2 is 0.733 bits per heavy atom. The lowest BCUT2D eigenvalue weighted by atomic mass is 9.69. The van der Waals surface area contributed by atoms with Crippen molar-refractivity contribution >= 4 is 0 Å². The second kappa shape index (κ2) is 13.7. The average Bonchev–Trinajstić information content (AvgIpc) is 3.84. The molecule has 6 atom stereocenters. The van der Waals surface area contributed by atoms with Gasteiger partial charge in [0.05, 0.1) is 0 Å². The summed E-state index contributed by atoms with van der Waals surface area (Å²) in [6.45, 7) is 22.0. The van der Waals surface area contributed by atoms with Gasteiger partial charge in [0.1, 0.15) is 17.3 Å². The topological polar surface area (TPSA) is 66.4 Å². The fourth-order valence-electron chi connectivity index (χ4n) is 13.1. The molecule has 1 aromatic rings. The van der Waals surface area contributed by atoms with Crippen LogP contribution in [0.3, 0.4) is 0 Å². The minimum atomic E-state index is 0.139. The van der Waals surface area contributed by atoms with Gasteiger partial charge in [-0.1, -0.05) is 98.8 Å². The van der Waals surface area contributed by atoms with Gasteiger partial charge in [0.2, 0.25) is 0 Å². The molecule has 0 spiro atoms. The Labute approximate surface area is 358 Å². The first-order valence-corrected chi connectivity index (χ1v) is 22.9. The van der Waals surface area contributed by atoms with Gasteiger partial charge >= 0.3 is 18.0 Å². The van der Waals surface area contributed by atoms with Gasteiger partial charge in [-0.05, 0) is 127 Å². The number of fused-ring (bicyclic) bond motifs is 6. The highest BCUT2D eigenvalue weighted by Gasteiger charge is 2.61. The van der Waals surface area contributed by atoms with Gasteiger partial charge in [-0.15, -0.1) is 32.1 Å². The summed E-state index contributed by atoms with van der Waals surface area (Å²) in [6.07, 6.45) is 31.4. The summed E-state index contributed by atoms with van der Waals surface area (Å²) in [5.74, 6) is 4.41. The number of ether oxygens (including phenoxy) is 3. The van der Waals surface area contributed by atoms with Crippen molar-refractivity contribution in [1.29, 1.82) is 0 Å².